The molecule has 2 aromatic heterocycles. The number of nitrogens with zero attached hydrogens (tertiary/aromatic N) is 4. The molecule has 2 aliphatic rings. The van der Waals surface area contributed by atoms with Gasteiger partial charge in [0, 0.05) is 37.7 Å². The monoisotopic (exact) mass is 325 g/mol. The van der Waals surface area contributed by atoms with Gasteiger partial charge in [-0.3, -0.25) is 14.5 Å². The van der Waals surface area contributed by atoms with Crippen molar-refractivity contribution in [2.45, 2.75) is 44.3 Å². The molecule has 4 rings (SSSR count). The van der Waals surface area contributed by atoms with E-state index in [2.05, 4.69) is 15.4 Å². The summed E-state index contributed by atoms with van der Waals surface area (Å²) in [4.78, 5) is 19.0. The van der Waals surface area contributed by atoms with Gasteiger partial charge < -0.3 is 10.2 Å². The number of aromatic nitrogens is 3. The largest absolute Gasteiger partial charge is 0.330 e. The molecule has 2 fully saturated rings. The second kappa shape index (κ2) is 6.73. The average Bonchev–Trinajstić information content (AvgIpc) is 3.36. The number of hydrogen-bond acceptors (Lipinski definition) is 4. The van der Waals surface area contributed by atoms with E-state index >= 15 is 0 Å². The molecule has 126 valence electrons. The molecule has 3 heterocycles. The van der Waals surface area contributed by atoms with E-state index in [0.717, 1.165) is 44.3 Å². The molecule has 1 atom stereocenters. The van der Waals surface area contributed by atoms with Crippen molar-refractivity contribution in [1.29, 1.82) is 0 Å². The van der Waals surface area contributed by atoms with E-state index in [0.29, 0.717) is 24.3 Å². The van der Waals surface area contributed by atoms with E-state index in [1.807, 2.05) is 34.0 Å². The van der Waals surface area contributed by atoms with Gasteiger partial charge in [0.05, 0.1) is 6.04 Å². The quantitative estimate of drug-likeness (QED) is 0.913. The molecule has 1 saturated heterocycles. The van der Waals surface area contributed by atoms with Crippen LogP contribution in [0.5, 0.6) is 0 Å². The van der Waals surface area contributed by atoms with Crippen molar-refractivity contribution in [2.24, 2.45) is 0 Å². The maximum absolute atomic E-state index is 12.9. The summed E-state index contributed by atoms with van der Waals surface area (Å²) in [6, 6.07) is 6.50. The number of carbonyl (C=O) groups excluding carboxylic acids is 1. The summed E-state index contributed by atoms with van der Waals surface area (Å²) in [6.45, 7) is 2.63. The predicted octanol–water partition coefficient (Wildman–Crippen LogP) is 2.01. The van der Waals surface area contributed by atoms with E-state index in [9.17, 15) is 4.79 Å². The third-order valence-electron chi connectivity index (χ3n) is 4.82. The van der Waals surface area contributed by atoms with Gasteiger partial charge in [0.2, 0.25) is 0 Å². The van der Waals surface area contributed by atoms with E-state index in [1.165, 1.54) is 0 Å². The van der Waals surface area contributed by atoms with Crippen LogP contribution in [0.25, 0.3) is 0 Å². The van der Waals surface area contributed by atoms with Crippen LogP contribution in [0.3, 0.4) is 0 Å². The number of amides is 1. The summed E-state index contributed by atoms with van der Waals surface area (Å²) in [7, 11) is 0. The molecule has 0 bridgehead atoms. The highest BCUT2D eigenvalue weighted by Gasteiger charge is 2.34. The van der Waals surface area contributed by atoms with Gasteiger partial charge in [-0.2, -0.15) is 5.10 Å². The first-order valence-electron chi connectivity index (χ1n) is 8.77. The Hall–Kier alpha value is -2.21. The number of rotatable bonds is 5. The van der Waals surface area contributed by atoms with Crippen LogP contribution in [0.15, 0.2) is 36.8 Å². The van der Waals surface area contributed by atoms with Crippen molar-refractivity contribution in [3.63, 3.8) is 0 Å². The molecule has 1 amide bonds. The molecule has 0 spiro atoms. The normalized spacial score (nSPS) is 20.8. The third-order valence-corrected chi connectivity index (χ3v) is 4.82. The molecule has 1 aliphatic carbocycles. The summed E-state index contributed by atoms with van der Waals surface area (Å²) >= 11 is 0. The van der Waals surface area contributed by atoms with Crippen LogP contribution in [-0.2, 0) is 6.54 Å². The smallest absolute Gasteiger partial charge is 0.274 e. The Balaban J connectivity index is 1.49. The van der Waals surface area contributed by atoms with Gasteiger partial charge in [-0.15, -0.1) is 0 Å². The molecule has 24 heavy (non-hydrogen) atoms. The van der Waals surface area contributed by atoms with Crippen molar-refractivity contribution in [2.75, 3.05) is 13.1 Å². The molecule has 1 N–H and O–H groups in total. The molecule has 1 aliphatic heterocycles. The molecule has 0 aromatic carbocycles. The first-order chi connectivity index (χ1) is 11.8. The first-order valence-corrected chi connectivity index (χ1v) is 8.77. The van der Waals surface area contributed by atoms with E-state index in [1.54, 1.807) is 12.4 Å². The van der Waals surface area contributed by atoms with Gasteiger partial charge in [0.25, 0.3) is 5.91 Å². The second-order valence-electron chi connectivity index (χ2n) is 6.70. The standard InChI is InChI=1S/C18H23N5O/c24-18(17-7-11-23(21-17)16-2-1-8-20-12-16)22(15-3-4-15)13-14-5-9-19-10-6-14/h5-7,9-11,15-16,20H,1-4,8,12-13H2. The molecule has 2 aromatic rings. The van der Waals surface area contributed by atoms with Crippen molar-refractivity contribution in [1.82, 2.24) is 25.0 Å². The maximum Gasteiger partial charge on any atom is 0.274 e. The second-order valence-corrected chi connectivity index (χ2v) is 6.70. The van der Waals surface area contributed by atoms with Crippen LogP contribution < -0.4 is 5.32 Å². The summed E-state index contributed by atoms with van der Waals surface area (Å²) in [6.07, 6.45) is 9.94. The van der Waals surface area contributed by atoms with Crippen molar-refractivity contribution < 1.29 is 4.79 Å². The SMILES string of the molecule is O=C(c1ccn(C2CCCNC2)n1)N(Cc1ccncc1)C1CC1. The number of pyridine rings is 1. The Morgan fingerprint density at radius 1 is 1.25 bits per heavy atom. The lowest BCUT2D eigenvalue weighted by atomic mass is 10.1. The Morgan fingerprint density at radius 2 is 2.08 bits per heavy atom. The lowest BCUT2D eigenvalue weighted by Crippen LogP contribution is -2.34. The summed E-state index contributed by atoms with van der Waals surface area (Å²) < 4.78 is 1.96. The highest BCUT2D eigenvalue weighted by molar-refractivity contribution is 5.92. The van der Waals surface area contributed by atoms with Crippen LogP contribution >= 0.6 is 0 Å². The van der Waals surface area contributed by atoms with Crippen molar-refractivity contribution in [3.8, 4) is 0 Å². The van der Waals surface area contributed by atoms with E-state index in [-0.39, 0.29) is 5.91 Å². The van der Waals surface area contributed by atoms with Crippen molar-refractivity contribution >= 4 is 5.91 Å². The lowest BCUT2D eigenvalue weighted by Gasteiger charge is -2.23. The lowest BCUT2D eigenvalue weighted by molar-refractivity contribution is 0.0722. The summed E-state index contributed by atoms with van der Waals surface area (Å²) in [5.74, 6) is 0.0387. The fourth-order valence-corrected chi connectivity index (χ4v) is 3.30. The minimum Gasteiger partial charge on any atom is -0.330 e. The summed E-state index contributed by atoms with van der Waals surface area (Å²) in [5, 5.41) is 7.97. The third kappa shape index (κ3) is 3.33. The van der Waals surface area contributed by atoms with Gasteiger partial charge >= 0.3 is 0 Å². The maximum atomic E-state index is 12.9. The van der Waals surface area contributed by atoms with Crippen LogP contribution in [0, 0.1) is 0 Å². The topological polar surface area (TPSA) is 63.1 Å². The molecule has 1 unspecified atom stereocenters. The highest BCUT2D eigenvalue weighted by atomic mass is 16.2. The van der Waals surface area contributed by atoms with E-state index in [4.69, 9.17) is 0 Å². The molecule has 0 radical (unpaired) electrons. The van der Waals surface area contributed by atoms with Gasteiger partial charge in [-0.25, -0.2) is 0 Å². The van der Waals surface area contributed by atoms with Crippen LogP contribution in [0.2, 0.25) is 0 Å². The summed E-state index contributed by atoms with van der Waals surface area (Å²) in [5.41, 5.74) is 1.67. The fraction of sp³-hybridized carbons (Fsp3) is 0.500. The van der Waals surface area contributed by atoms with Crippen LogP contribution in [-0.4, -0.2) is 44.7 Å². The number of piperidine rings is 1. The highest BCUT2D eigenvalue weighted by Crippen LogP contribution is 2.29. The molecule has 6 heteroatoms. The number of hydrogen-bond donors (Lipinski definition) is 1. The Morgan fingerprint density at radius 3 is 2.79 bits per heavy atom. The fourth-order valence-electron chi connectivity index (χ4n) is 3.30. The van der Waals surface area contributed by atoms with Gasteiger partial charge in [0.15, 0.2) is 0 Å². The molecular weight excluding hydrogens is 302 g/mol. The zero-order valence-corrected chi connectivity index (χ0v) is 13.8. The minimum atomic E-state index is 0.0387. The number of carbonyl (C=O) groups is 1. The Kier molecular flexibility index (Phi) is 4.30. The molecular formula is C18H23N5O. The predicted molar refractivity (Wildman–Crippen MR) is 90.5 cm³/mol. The minimum absolute atomic E-state index is 0.0387. The number of nitrogens with one attached hydrogen (secondary N) is 1. The first kappa shape index (κ1) is 15.3. The van der Waals surface area contributed by atoms with Gasteiger partial charge in [-0.05, 0) is 56.0 Å². The Labute approximate surface area is 141 Å². The zero-order chi connectivity index (χ0) is 16.4. The van der Waals surface area contributed by atoms with Crippen LogP contribution in [0.4, 0.5) is 0 Å². The van der Waals surface area contributed by atoms with Gasteiger partial charge in [0.1, 0.15) is 5.69 Å². The molecule has 1 saturated carbocycles. The zero-order valence-electron chi connectivity index (χ0n) is 13.8. The van der Waals surface area contributed by atoms with Gasteiger partial charge in [-0.1, -0.05) is 0 Å². The van der Waals surface area contributed by atoms with Crippen molar-refractivity contribution in [3.05, 3.63) is 48.0 Å². The molecule has 6 nitrogen and oxygen atoms in total. The van der Waals surface area contributed by atoms with Crippen LogP contribution in [0.1, 0.15) is 47.8 Å². The Bertz CT molecular complexity index is 688. The average molecular weight is 325 g/mol. The van der Waals surface area contributed by atoms with E-state index < -0.39 is 0 Å².